The van der Waals surface area contributed by atoms with E-state index in [-0.39, 0.29) is 36.0 Å². The van der Waals surface area contributed by atoms with Crippen LogP contribution in [0.2, 0.25) is 0 Å². The highest BCUT2D eigenvalue weighted by Crippen LogP contribution is 2.18. The van der Waals surface area contributed by atoms with Gasteiger partial charge in [-0.1, -0.05) is 30.3 Å². The number of benzene rings is 1. The molecule has 2 heterocycles. The summed E-state index contributed by atoms with van der Waals surface area (Å²) in [4.78, 5) is 12.1. The summed E-state index contributed by atoms with van der Waals surface area (Å²) >= 11 is 0. The minimum atomic E-state index is -2.99. The Morgan fingerprint density at radius 2 is 2.04 bits per heavy atom. The van der Waals surface area contributed by atoms with E-state index < -0.39 is 9.84 Å². The van der Waals surface area contributed by atoms with Crippen LogP contribution in [0, 0.1) is 0 Å². The normalized spacial score (nSPS) is 20.6. The van der Waals surface area contributed by atoms with Crippen molar-refractivity contribution in [2.24, 2.45) is 0 Å². The predicted molar refractivity (Wildman–Crippen MR) is 89.0 cm³/mol. The molecule has 3 N–H and O–H groups in total. The van der Waals surface area contributed by atoms with E-state index in [4.69, 9.17) is 4.42 Å². The van der Waals surface area contributed by atoms with Crippen molar-refractivity contribution >= 4 is 15.7 Å². The van der Waals surface area contributed by atoms with Gasteiger partial charge in [-0.15, -0.1) is 0 Å². The first-order valence-corrected chi connectivity index (χ1v) is 9.77. The third-order valence-corrected chi connectivity index (χ3v) is 5.91. The van der Waals surface area contributed by atoms with Gasteiger partial charge in [-0.05, 0) is 18.6 Å². The highest BCUT2D eigenvalue weighted by Gasteiger charge is 2.29. The molecule has 0 bridgehead atoms. The summed E-state index contributed by atoms with van der Waals surface area (Å²) in [5, 5.41) is 4.70. The largest absolute Gasteiger partial charge is 0.463 e. The molecule has 1 aromatic carbocycles. The number of nitrogens with one attached hydrogen (secondary N) is 1. The van der Waals surface area contributed by atoms with Gasteiger partial charge in [0.05, 0.1) is 17.8 Å². The maximum Gasteiger partial charge on any atom is 0.275 e. The molecular weight excluding hydrogens is 328 g/mol. The molecule has 0 radical (unpaired) electrons. The first kappa shape index (κ1) is 16.7. The van der Waals surface area contributed by atoms with Gasteiger partial charge in [-0.25, -0.2) is 8.42 Å². The zero-order chi connectivity index (χ0) is 17.0. The minimum absolute atomic E-state index is 0.0407. The number of rotatable bonds is 6. The number of nitrogens with two attached hydrogens (primary N) is 1. The van der Waals surface area contributed by atoms with Gasteiger partial charge in [0.25, 0.3) is 5.91 Å². The van der Waals surface area contributed by atoms with Crippen molar-refractivity contribution in [2.75, 3.05) is 18.1 Å². The number of amides is 1. The molecule has 0 spiro atoms. The Labute approximate surface area is 141 Å². The lowest BCUT2D eigenvalue weighted by atomic mass is 10.0. The fourth-order valence-corrected chi connectivity index (χ4v) is 4.64. The summed E-state index contributed by atoms with van der Waals surface area (Å²) in [6, 6.07) is 13.1. The molecule has 1 amide bonds. The number of sulfone groups is 1. The Morgan fingerprint density at radius 1 is 1.25 bits per heavy atom. The summed E-state index contributed by atoms with van der Waals surface area (Å²) in [5.41, 5.74) is 1.05. The summed E-state index contributed by atoms with van der Waals surface area (Å²) in [7, 11) is -2.99. The van der Waals surface area contributed by atoms with Crippen molar-refractivity contribution in [1.29, 1.82) is 0 Å². The van der Waals surface area contributed by atoms with Crippen LogP contribution in [0.5, 0.6) is 0 Å². The van der Waals surface area contributed by atoms with Gasteiger partial charge >= 0.3 is 0 Å². The smallest absolute Gasteiger partial charge is 0.275 e. The van der Waals surface area contributed by atoms with Gasteiger partial charge in [-0.3, -0.25) is 4.79 Å². The standard InChI is InChI=1S/C17H20N2O4S/c20-16(19-14-8-10-24(21,22)12-14)11-18-17(15-7-4-9-23-15)13-5-2-1-3-6-13/h1-7,9,14,17-18H,8,10-12H2,(H,19,20)/p+1/t14-,17-/m1/s1. The van der Waals surface area contributed by atoms with Crippen LogP contribution in [-0.4, -0.2) is 38.4 Å². The van der Waals surface area contributed by atoms with Crippen LogP contribution in [-0.2, 0) is 14.6 Å². The van der Waals surface area contributed by atoms with E-state index in [0.29, 0.717) is 6.42 Å². The van der Waals surface area contributed by atoms with E-state index in [1.807, 2.05) is 47.8 Å². The number of carbonyl (C=O) groups is 1. The van der Waals surface area contributed by atoms with Crippen LogP contribution >= 0.6 is 0 Å². The molecule has 1 aromatic heterocycles. The first-order valence-electron chi connectivity index (χ1n) is 7.95. The first-order chi connectivity index (χ1) is 11.5. The van der Waals surface area contributed by atoms with Crippen LogP contribution in [0.4, 0.5) is 0 Å². The van der Waals surface area contributed by atoms with Crippen LogP contribution in [0.15, 0.2) is 53.1 Å². The van der Waals surface area contributed by atoms with Crippen molar-refractivity contribution < 1.29 is 22.9 Å². The molecule has 1 fully saturated rings. The lowest BCUT2D eigenvalue weighted by Crippen LogP contribution is -2.87. The third-order valence-electron chi connectivity index (χ3n) is 4.14. The zero-order valence-corrected chi connectivity index (χ0v) is 14.0. The lowest BCUT2D eigenvalue weighted by Gasteiger charge is -2.15. The monoisotopic (exact) mass is 349 g/mol. The van der Waals surface area contributed by atoms with E-state index in [0.717, 1.165) is 11.3 Å². The van der Waals surface area contributed by atoms with E-state index in [9.17, 15) is 13.2 Å². The highest BCUT2D eigenvalue weighted by atomic mass is 32.2. The van der Waals surface area contributed by atoms with E-state index in [1.54, 1.807) is 6.26 Å². The van der Waals surface area contributed by atoms with Crippen molar-refractivity contribution in [3.63, 3.8) is 0 Å². The Morgan fingerprint density at radius 3 is 2.67 bits per heavy atom. The van der Waals surface area contributed by atoms with Gasteiger partial charge in [0, 0.05) is 11.6 Å². The van der Waals surface area contributed by atoms with Gasteiger partial charge in [0.15, 0.2) is 28.2 Å². The number of hydrogen-bond acceptors (Lipinski definition) is 4. The van der Waals surface area contributed by atoms with Crippen molar-refractivity contribution in [1.82, 2.24) is 5.32 Å². The van der Waals surface area contributed by atoms with Crippen LogP contribution in [0.3, 0.4) is 0 Å². The Kier molecular flexibility index (Phi) is 5.01. The quantitative estimate of drug-likeness (QED) is 0.781. The summed E-state index contributed by atoms with van der Waals surface area (Å²) in [5.74, 6) is 0.807. The molecule has 0 aliphatic carbocycles. The molecule has 7 heteroatoms. The summed E-state index contributed by atoms with van der Waals surface area (Å²) in [6.45, 7) is 0.205. The average Bonchev–Trinajstić information content (AvgIpc) is 3.18. The molecule has 6 nitrogen and oxygen atoms in total. The fourth-order valence-electron chi connectivity index (χ4n) is 2.97. The number of carbonyl (C=O) groups excluding carboxylic acids is 1. The molecule has 3 rings (SSSR count). The number of hydrogen-bond donors (Lipinski definition) is 2. The highest BCUT2D eigenvalue weighted by molar-refractivity contribution is 7.91. The molecule has 1 aliphatic heterocycles. The van der Waals surface area contributed by atoms with Crippen molar-refractivity contribution in [3.8, 4) is 0 Å². The Balaban J connectivity index is 1.61. The Hall–Kier alpha value is -2.12. The van der Waals surface area contributed by atoms with Crippen molar-refractivity contribution in [2.45, 2.75) is 18.5 Å². The molecule has 2 atom stereocenters. The molecular formula is C17H21N2O4S+. The second-order valence-electron chi connectivity index (χ2n) is 6.01. The maximum absolute atomic E-state index is 12.1. The second-order valence-corrected chi connectivity index (χ2v) is 8.24. The molecule has 24 heavy (non-hydrogen) atoms. The number of furan rings is 1. The molecule has 1 saturated heterocycles. The zero-order valence-electron chi connectivity index (χ0n) is 13.2. The number of quaternary nitrogens is 1. The van der Waals surface area contributed by atoms with Crippen LogP contribution < -0.4 is 10.6 Å². The van der Waals surface area contributed by atoms with Crippen molar-refractivity contribution in [3.05, 3.63) is 60.1 Å². The fraction of sp³-hybridized carbons (Fsp3) is 0.353. The van der Waals surface area contributed by atoms with Gasteiger partial charge in [0.2, 0.25) is 0 Å². The summed E-state index contributed by atoms with van der Waals surface area (Å²) in [6.07, 6.45) is 2.11. The predicted octanol–water partition coefficient (Wildman–Crippen LogP) is 0.236. The Bertz CT molecular complexity index is 772. The van der Waals surface area contributed by atoms with E-state index >= 15 is 0 Å². The SMILES string of the molecule is O=C(C[NH2+][C@H](c1ccccc1)c1ccco1)N[C@@H]1CCS(=O)(=O)C1. The molecule has 2 aromatic rings. The van der Waals surface area contributed by atoms with Gasteiger partial charge < -0.3 is 15.1 Å². The minimum Gasteiger partial charge on any atom is -0.463 e. The lowest BCUT2D eigenvalue weighted by molar-refractivity contribution is -0.678. The van der Waals surface area contributed by atoms with Crippen LogP contribution in [0.25, 0.3) is 0 Å². The molecule has 0 unspecified atom stereocenters. The topological polar surface area (TPSA) is 93.0 Å². The van der Waals surface area contributed by atoms with Crippen LogP contribution in [0.1, 0.15) is 23.8 Å². The molecule has 1 aliphatic rings. The maximum atomic E-state index is 12.1. The molecule has 128 valence electrons. The molecule has 0 saturated carbocycles. The third kappa shape index (κ3) is 4.24. The summed E-state index contributed by atoms with van der Waals surface area (Å²) < 4.78 is 28.4. The van der Waals surface area contributed by atoms with E-state index in [2.05, 4.69) is 5.32 Å². The second kappa shape index (κ2) is 7.19. The van der Waals surface area contributed by atoms with Gasteiger partial charge in [-0.2, -0.15) is 0 Å². The van der Waals surface area contributed by atoms with E-state index in [1.165, 1.54) is 0 Å². The van der Waals surface area contributed by atoms with Gasteiger partial charge in [0.1, 0.15) is 0 Å². The average molecular weight is 349 g/mol.